The summed E-state index contributed by atoms with van der Waals surface area (Å²) in [6.45, 7) is 3.34. The number of fused-ring (bicyclic) bond motifs is 1. The molecule has 150 valence electrons. The fourth-order valence-electron chi connectivity index (χ4n) is 3.70. The molecule has 1 saturated heterocycles. The fourth-order valence-corrected chi connectivity index (χ4v) is 3.70. The normalized spacial score (nSPS) is 14.8. The van der Waals surface area contributed by atoms with Crippen molar-refractivity contribution in [3.05, 3.63) is 42.4 Å². The van der Waals surface area contributed by atoms with Gasteiger partial charge >= 0.3 is 5.97 Å². The zero-order chi connectivity index (χ0) is 20.4. The van der Waals surface area contributed by atoms with Crippen LogP contribution in [0.3, 0.4) is 0 Å². The largest absolute Gasteiger partial charge is 0.469 e. The second-order valence-electron chi connectivity index (χ2n) is 7.20. The summed E-state index contributed by atoms with van der Waals surface area (Å²) in [5.74, 6) is 0.999. The van der Waals surface area contributed by atoms with E-state index >= 15 is 0 Å². The number of nitrogens with two attached hydrogens (primary N) is 1. The number of hydrogen-bond donors (Lipinski definition) is 2. The monoisotopic (exact) mass is 392 g/mol. The Hall–Kier alpha value is -3.42. The molecule has 4 rings (SSSR count). The first-order valence-electron chi connectivity index (χ1n) is 9.63. The number of nitrogens with one attached hydrogen (secondary N) is 1. The maximum absolute atomic E-state index is 11.8. The molecule has 1 aliphatic heterocycles. The van der Waals surface area contributed by atoms with Crippen LogP contribution >= 0.6 is 0 Å². The number of aryl methyl sites for hydroxylation is 1. The van der Waals surface area contributed by atoms with Crippen molar-refractivity contribution in [2.45, 2.75) is 19.8 Å². The molecule has 1 fully saturated rings. The molecule has 0 bridgehead atoms. The molecule has 1 aliphatic rings. The molecular weight excluding hydrogens is 368 g/mol. The van der Waals surface area contributed by atoms with Crippen molar-refractivity contribution in [1.82, 2.24) is 15.0 Å². The van der Waals surface area contributed by atoms with Gasteiger partial charge in [0.05, 0.1) is 24.2 Å². The Labute approximate surface area is 169 Å². The number of para-hydroxylation sites is 1. The first-order chi connectivity index (χ1) is 14.1. The summed E-state index contributed by atoms with van der Waals surface area (Å²) >= 11 is 0. The lowest BCUT2D eigenvalue weighted by atomic mass is 9.97. The third-order valence-corrected chi connectivity index (χ3v) is 5.30. The van der Waals surface area contributed by atoms with E-state index in [-0.39, 0.29) is 11.9 Å². The van der Waals surface area contributed by atoms with E-state index in [2.05, 4.69) is 25.2 Å². The van der Waals surface area contributed by atoms with Crippen LogP contribution in [0.15, 0.2) is 36.7 Å². The summed E-state index contributed by atoms with van der Waals surface area (Å²) in [6, 6.07) is 9.98. The molecule has 0 saturated carbocycles. The third-order valence-electron chi connectivity index (χ3n) is 5.30. The van der Waals surface area contributed by atoms with Crippen LogP contribution in [-0.4, -0.2) is 41.1 Å². The molecule has 8 nitrogen and oxygen atoms in total. The highest BCUT2D eigenvalue weighted by atomic mass is 16.5. The quantitative estimate of drug-likeness (QED) is 0.653. The Morgan fingerprint density at radius 3 is 2.76 bits per heavy atom. The van der Waals surface area contributed by atoms with Crippen LogP contribution in [0.2, 0.25) is 0 Å². The van der Waals surface area contributed by atoms with E-state index in [0.29, 0.717) is 43.3 Å². The summed E-state index contributed by atoms with van der Waals surface area (Å²) in [4.78, 5) is 27.2. The molecule has 2 aromatic heterocycles. The maximum atomic E-state index is 11.8. The van der Waals surface area contributed by atoms with Gasteiger partial charge in [-0.1, -0.05) is 18.2 Å². The van der Waals surface area contributed by atoms with Gasteiger partial charge in [0.2, 0.25) is 0 Å². The van der Waals surface area contributed by atoms with Gasteiger partial charge in [-0.25, -0.2) is 9.97 Å². The number of rotatable bonds is 4. The SMILES string of the molecule is COC(=O)C1CCN(c2ncnc(Nc3cccc4ccc(C)nc34)c2N)CC1. The summed E-state index contributed by atoms with van der Waals surface area (Å²) in [5, 5.41) is 4.36. The predicted octanol–water partition coefficient (Wildman–Crippen LogP) is 3.05. The molecule has 3 aromatic rings. The van der Waals surface area contributed by atoms with Crippen molar-refractivity contribution < 1.29 is 9.53 Å². The van der Waals surface area contributed by atoms with Crippen LogP contribution in [0.4, 0.5) is 23.0 Å². The molecule has 0 unspecified atom stereocenters. The van der Waals surface area contributed by atoms with Crippen LogP contribution in [-0.2, 0) is 9.53 Å². The number of esters is 1. The van der Waals surface area contributed by atoms with Gasteiger partial charge in [-0.2, -0.15) is 0 Å². The Bertz CT molecular complexity index is 1050. The second-order valence-corrected chi connectivity index (χ2v) is 7.20. The topological polar surface area (TPSA) is 106 Å². The molecule has 1 aromatic carbocycles. The lowest BCUT2D eigenvalue weighted by Gasteiger charge is -2.32. The smallest absolute Gasteiger partial charge is 0.308 e. The summed E-state index contributed by atoms with van der Waals surface area (Å²) < 4.78 is 4.86. The number of aromatic nitrogens is 3. The van der Waals surface area contributed by atoms with Crippen LogP contribution < -0.4 is 16.0 Å². The summed E-state index contributed by atoms with van der Waals surface area (Å²) in [5.41, 5.74) is 9.54. The Balaban J connectivity index is 1.58. The molecule has 29 heavy (non-hydrogen) atoms. The molecule has 0 amide bonds. The highest BCUT2D eigenvalue weighted by Crippen LogP contribution is 2.33. The van der Waals surface area contributed by atoms with Gasteiger partial charge in [-0.3, -0.25) is 9.78 Å². The number of ether oxygens (including phenoxy) is 1. The molecule has 0 aliphatic carbocycles. The Kier molecular flexibility index (Phi) is 5.16. The summed E-state index contributed by atoms with van der Waals surface area (Å²) in [7, 11) is 1.43. The van der Waals surface area contributed by atoms with Crippen molar-refractivity contribution in [2.75, 3.05) is 36.1 Å². The lowest BCUT2D eigenvalue weighted by molar-refractivity contribution is -0.146. The minimum atomic E-state index is -0.151. The van der Waals surface area contributed by atoms with Crippen LogP contribution in [0.25, 0.3) is 10.9 Å². The van der Waals surface area contributed by atoms with Crippen molar-refractivity contribution in [3.8, 4) is 0 Å². The van der Waals surface area contributed by atoms with Crippen LogP contribution in [0.1, 0.15) is 18.5 Å². The molecular formula is C21H24N6O2. The minimum Gasteiger partial charge on any atom is -0.469 e. The number of nitrogens with zero attached hydrogens (tertiary/aromatic N) is 4. The van der Waals surface area contributed by atoms with Crippen LogP contribution in [0.5, 0.6) is 0 Å². The van der Waals surface area contributed by atoms with E-state index < -0.39 is 0 Å². The van der Waals surface area contributed by atoms with Crippen molar-refractivity contribution in [1.29, 1.82) is 0 Å². The molecule has 0 atom stereocenters. The highest BCUT2D eigenvalue weighted by molar-refractivity contribution is 5.93. The van der Waals surface area contributed by atoms with E-state index in [9.17, 15) is 4.79 Å². The van der Waals surface area contributed by atoms with E-state index in [1.165, 1.54) is 13.4 Å². The van der Waals surface area contributed by atoms with Gasteiger partial charge in [0.1, 0.15) is 12.0 Å². The molecule has 0 spiro atoms. The van der Waals surface area contributed by atoms with Crippen LogP contribution in [0, 0.1) is 12.8 Å². The van der Waals surface area contributed by atoms with E-state index in [1.54, 1.807) is 0 Å². The number of piperidine rings is 1. The lowest BCUT2D eigenvalue weighted by Crippen LogP contribution is -2.37. The van der Waals surface area contributed by atoms with Gasteiger partial charge in [0, 0.05) is 24.2 Å². The molecule has 3 N–H and O–H groups in total. The number of anilines is 4. The number of benzene rings is 1. The maximum Gasteiger partial charge on any atom is 0.308 e. The zero-order valence-electron chi connectivity index (χ0n) is 16.6. The standard InChI is InChI=1S/C21H24N6O2/c1-13-6-7-14-4-3-5-16(18(14)25-13)26-19-17(22)20(24-12-23-19)27-10-8-15(9-11-27)21(28)29-2/h3-7,12,15H,8-11,22H2,1-2H3,(H,23,24,26). The summed E-state index contributed by atoms with van der Waals surface area (Å²) in [6.07, 6.45) is 2.93. The predicted molar refractivity (Wildman–Crippen MR) is 113 cm³/mol. The van der Waals surface area contributed by atoms with E-state index in [4.69, 9.17) is 10.5 Å². The Morgan fingerprint density at radius 2 is 2.00 bits per heavy atom. The zero-order valence-corrected chi connectivity index (χ0v) is 16.6. The van der Waals surface area contributed by atoms with Crippen molar-refractivity contribution >= 4 is 39.9 Å². The molecule has 0 radical (unpaired) electrons. The highest BCUT2D eigenvalue weighted by Gasteiger charge is 2.27. The number of carbonyl (C=O) groups is 1. The van der Waals surface area contributed by atoms with Crippen molar-refractivity contribution in [3.63, 3.8) is 0 Å². The first-order valence-corrected chi connectivity index (χ1v) is 9.63. The van der Waals surface area contributed by atoms with Gasteiger partial charge in [-0.05, 0) is 31.9 Å². The number of nitrogen functional groups attached to an aromatic ring is 1. The van der Waals surface area contributed by atoms with E-state index in [0.717, 1.165) is 22.3 Å². The molecule has 8 heteroatoms. The number of methoxy groups -OCH3 is 1. The fraction of sp³-hybridized carbons (Fsp3) is 0.333. The molecule has 3 heterocycles. The van der Waals surface area contributed by atoms with Gasteiger partial charge in [0.15, 0.2) is 11.6 Å². The average molecular weight is 392 g/mol. The van der Waals surface area contributed by atoms with Crippen molar-refractivity contribution in [2.24, 2.45) is 5.92 Å². The van der Waals surface area contributed by atoms with Gasteiger partial charge in [0.25, 0.3) is 0 Å². The van der Waals surface area contributed by atoms with E-state index in [1.807, 2.05) is 37.3 Å². The van der Waals surface area contributed by atoms with Gasteiger partial charge in [-0.15, -0.1) is 0 Å². The first kappa shape index (κ1) is 18.9. The number of carbonyl (C=O) groups excluding carboxylic acids is 1. The van der Waals surface area contributed by atoms with Gasteiger partial charge < -0.3 is 20.7 Å². The number of hydrogen-bond acceptors (Lipinski definition) is 8. The third kappa shape index (κ3) is 3.78. The average Bonchev–Trinajstić information content (AvgIpc) is 2.75. The Morgan fingerprint density at radius 1 is 1.21 bits per heavy atom. The second kappa shape index (κ2) is 7.90. The number of pyridine rings is 1. The minimum absolute atomic E-state index is 0.0677.